The van der Waals surface area contributed by atoms with Crippen molar-refractivity contribution in [3.63, 3.8) is 0 Å². The number of hydrogen-bond acceptors (Lipinski definition) is 8. The molecular formula is C45H51N5O7. The van der Waals surface area contributed by atoms with Gasteiger partial charge in [0, 0.05) is 62.3 Å². The van der Waals surface area contributed by atoms with E-state index in [0.29, 0.717) is 34.7 Å². The highest BCUT2D eigenvalue weighted by atomic mass is 16.5. The second-order valence-corrected chi connectivity index (χ2v) is 15.1. The van der Waals surface area contributed by atoms with Gasteiger partial charge in [0.2, 0.25) is 5.56 Å². The van der Waals surface area contributed by atoms with E-state index in [4.69, 9.17) is 4.74 Å². The highest BCUT2D eigenvalue weighted by Crippen LogP contribution is 2.34. The largest absolute Gasteiger partial charge is 0.506 e. The molecule has 5 aromatic rings. The number of pyridine rings is 1. The van der Waals surface area contributed by atoms with Crippen LogP contribution in [0.1, 0.15) is 49.3 Å². The van der Waals surface area contributed by atoms with E-state index in [-0.39, 0.29) is 36.4 Å². The number of carboxylic acid groups (broad SMARTS) is 1. The lowest BCUT2D eigenvalue weighted by Crippen LogP contribution is -2.48. The van der Waals surface area contributed by atoms with Crippen LogP contribution in [0.2, 0.25) is 0 Å². The SMILES string of the molecule is O=C(COc1ccc(CNC[C@H](O)c2ccc(O)c3[nH]c(=O)ccc23)cc1)N1CCC(CCN2CCC(N(C(=O)O)c3ccccc3-c3ccccc3)CC2)CC1. The highest BCUT2D eigenvalue weighted by molar-refractivity contribution is 5.93. The molecule has 0 spiro atoms. The van der Waals surface area contributed by atoms with Gasteiger partial charge in [0.1, 0.15) is 11.5 Å². The Kier molecular flexibility index (Phi) is 12.8. The Hall–Kier alpha value is -5.69. The lowest BCUT2D eigenvalue weighted by Gasteiger charge is -2.39. The molecule has 0 radical (unpaired) electrons. The number of amides is 2. The number of piperidine rings is 2. The molecule has 2 aliphatic rings. The van der Waals surface area contributed by atoms with Crippen molar-refractivity contribution in [2.24, 2.45) is 5.92 Å². The van der Waals surface area contributed by atoms with Gasteiger partial charge in [-0.05, 0) is 91.6 Å². The van der Waals surface area contributed by atoms with Crippen molar-refractivity contribution >= 4 is 28.6 Å². The van der Waals surface area contributed by atoms with Gasteiger partial charge in [-0.1, -0.05) is 66.7 Å². The van der Waals surface area contributed by atoms with Gasteiger partial charge in [0.05, 0.1) is 17.3 Å². The van der Waals surface area contributed by atoms with E-state index in [1.807, 2.05) is 83.8 Å². The van der Waals surface area contributed by atoms with Gasteiger partial charge in [-0.25, -0.2) is 4.79 Å². The smallest absolute Gasteiger partial charge is 0.412 e. The molecule has 5 N–H and O–H groups in total. The molecular weight excluding hydrogens is 723 g/mol. The van der Waals surface area contributed by atoms with Gasteiger partial charge in [0.15, 0.2) is 6.61 Å². The van der Waals surface area contributed by atoms with E-state index in [0.717, 1.165) is 87.2 Å². The molecule has 2 amide bonds. The quantitative estimate of drug-likeness (QED) is 0.0864. The summed E-state index contributed by atoms with van der Waals surface area (Å²) in [6.45, 7) is 4.89. The van der Waals surface area contributed by atoms with Gasteiger partial charge in [-0.15, -0.1) is 0 Å². The summed E-state index contributed by atoms with van der Waals surface area (Å²) in [6, 6.07) is 31.2. The fourth-order valence-electron chi connectivity index (χ4n) is 8.19. The molecule has 12 nitrogen and oxygen atoms in total. The zero-order chi connectivity index (χ0) is 39.7. The number of aliphatic hydroxyl groups excluding tert-OH is 1. The molecule has 0 saturated carbocycles. The normalized spacial score (nSPS) is 16.1. The number of carbonyl (C=O) groups is 2. The molecule has 4 aromatic carbocycles. The highest BCUT2D eigenvalue weighted by Gasteiger charge is 2.31. The van der Waals surface area contributed by atoms with Crippen LogP contribution in [0.4, 0.5) is 10.5 Å². The number of nitrogens with zero attached hydrogens (tertiary/aromatic N) is 3. The van der Waals surface area contributed by atoms with Crippen LogP contribution in [0.15, 0.2) is 108 Å². The first kappa shape index (κ1) is 39.5. The summed E-state index contributed by atoms with van der Waals surface area (Å²) in [7, 11) is 0. The molecule has 2 saturated heterocycles. The van der Waals surface area contributed by atoms with Crippen molar-refractivity contribution in [2.75, 3.05) is 50.8 Å². The van der Waals surface area contributed by atoms with Gasteiger partial charge in [0.25, 0.3) is 5.91 Å². The number of fused-ring (bicyclic) bond motifs is 1. The minimum atomic E-state index is -0.913. The van der Waals surface area contributed by atoms with Crippen molar-refractivity contribution in [3.05, 3.63) is 125 Å². The Labute approximate surface area is 332 Å². The predicted molar refractivity (Wildman–Crippen MR) is 221 cm³/mol. The second kappa shape index (κ2) is 18.5. The number of benzene rings is 4. The maximum atomic E-state index is 13.0. The maximum Gasteiger partial charge on any atom is 0.412 e. The predicted octanol–water partition coefficient (Wildman–Crippen LogP) is 6.38. The van der Waals surface area contributed by atoms with Crippen molar-refractivity contribution in [3.8, 4) is 22.6 Å². The van der Waals surface area contributed by atoms with E-state index >= 15 is 0 Å². The van der Waals surface area contributed by atoms with Gasteiger partial charge in [-0.2, -0.15) is 0 Å². The van der Waals surface area contributed by atoms with Gasteiger partial charge < -0.3 is 40.2 Å². The van der Waals surface area contributed by atoms with Crippen molar-refractivity contribution in [2.45, 2.75) is 50.8 Å². The number of aliphatic hydroxyl groups is 1. The first-order chi connectivity index (χ1) is 27.7. The molecule has 7 rings (SSSR count). The number of para-hydroxylation sites is 1. The molecule has 3 heterocycles. The van der Waals surface area contributed by atoms with Gasteiger partial charge >= 0.3 is 6.09 Å². The van der Waals surface area contributed by atoms with Crippen LogP contribution >= 0.6 is 0 Å². The number of anilines is 1. The van der Waals surface area contributed by atoms with Crippen LogP contribution < -0.4 is 20.5 Å². The molecule has 2 aliphatic heterocycles. The van der Waals surface area contributed by atoms with E-state index < -0.39 is 12.2 Å². The number of aromatic nitrogens is 1. The molecule has 0 aliphatic carbocycles. The third kappa shape index (κ3) is 9.83. The number of ether oxygens (including phenoxy) is 1. The summed E-state index contributed by atoms with van der Waals surface area (Å²) in [5.74, 6) is 1.10. The number of likely N-dealkylation sites (tertiary alicyclic amines) is 2. The van der Waals surface area contributed by atoms with Crippen molar-refractivity contribution in [1.29, 1.82) is 0 Å². The van der Waals surface area contributed by atoms with E-state index in [1.165, 1.54) is 12.1 Å². The summed E-state index contributed by atoms with van der Waals surface area (Å²) in [4.78, 5) is 45.8. The molecule has 298 valence electrons. The maximum absolute atomic E-state index is 13.0. The van der Waals surface area contributed by atoms with Crippen LogP contribution in [0, 0.1) is 5.92 Å². The van der Waals surface area contributed by atoms with Crippen LogP contribution in [0.3, 0.4) is 0 Å². The zero-order valence-electron chi connectivity index (χ0n) is 32.1. The average Bonchev–Trinajstić information content (AvgIpc) is 3.24. The first-order valence-corrected chi connectivity index (χ1v) is 19.9. The van der Waals surface area contributed by atoms with E-state index in [1.54, 1.807) is 17.0 Å². The minimum Gasteiger partial charge on any atom is -0.506 e. The van der Waals surface area contributed by atoms with Crippen LogP contribution in [-0.4, -0.2) is 94.0 Å². The number of rotatable bonds is 14. The van der Waals surface area contributed by atoms with E-state index in [2.05, 4.69) is 15.2 Å². The molecule has 0 bridgehead atoms. The number of aromatic amines is 1. The lowest BCUT2D eigenvalue weighted by atomic mass is 9.92. The molecule has 1 aromatic heterocycles. The monoisotopic (exact) mass is 773 g/mol. The second-order valence-electron chi connectivity index (χ2n) is 15.1. The number of carbonyl (C=O) groups excluding carboxylic acids is 1. The topological polar surface area (TPSA) is 159 Å². The van der Waals surface area contributed by atoms with Crippen LogP contribution in [0.25, 0.3) is 22.0 Å². The number of hydrogen-bond donors (Lipinski definition) is 5. The Morgan fingerprint density at radius 1 is 0.860 bits per heavy atom. The number of nitrogens with one attached hydrogen (secondary N) is 2. The third-order valence-corrected chi connectivity index (χ3v) is 11.4. The number of phenolic OH excluding ortho intramolecular Hbond substituents is 1. The fourth-order valence-corrected chi connectivity index (χ4v) is 8.19. The summed E-state index contributed by atoms with van der Waals surface area (Å²) in [5.41, 5.74) is 4.23. The Balaban J connectivity index is 0.796. The third-order valence-electron chi connectivity index (χ3n) is 11.4. The first-order valence-electron chi connectivity index (χ1n) is 19.9. The fraction of sp³-hybridized carbons (Fsp3) is 0.356. The molecule has 12 heteroatoms. The van der Waals surface area contributed by atoms with Crippen LogP contribution in [-0.2, 0) is 11.3 Å². The average molecular weight is 774 g/mol. The Bertz CT molecular complexity index is 2180. The van der Waals surface area contributed by atoms with Crippen molar-refractivity contribution < 1.29 is 29.6 Å². The molecule has 2 fully saturated rings. The van der Waals surface area contributed by atoms with Crippen molar-refractivity contribution in [1.82, 2.24) is 20.1 Å². The number of H-pyrrole nitrogens is 1. The summed E-state index contributed by atoms with van der Waals surface area (Å²) in [5, 5.41) is 35.1. The Morgan fingerprint density at radius 2 is 1.58 bits per heavy atom. The minimum absolute atomic E-state index is 0.0154. The zero-order valence-corrected chi connectivity index (χ0v) is 32.1. The molecule has 1 atom stereocenters. The number of phenols is 1. The summed E-state index contributed by atoms with van der Waals surface area (Å²) in [6.07, 6.45) is 2.81. The standard InChI is InChI=1S/C45H51N5O7/c51-40-16-14-37(38-15-17-42(53)47-44(38)40)41(52)29-46-28-32-10-12-35(13-11-32)57-30-43(54)49-26-19-31(20-27-49)18-23-48-24-21-34(22-25-48)50(45(55)56)39-9-5-4-8-36(39)33-6-2-1-3-7-33/h1-17,31,34,41,46,51-52H,18-30H2,(H,47,53)(H,55,56)/t41-/m0/s1. The van der Waals surface area contributed by atoms with Crippen LogP contribution in [0.5, 0.6) is 11.5 Å². The summed E-state index contributed by atoms with van der Waals surface area (Å²) >= 11 is 0. The molecule has 57 heavy (non-hydrogen) atoms. The Morgan fingerprint density at radius 3 is 2.32 bits per heavy atom. The molecule has 0 unspecified atom stereocenters. The number of aromatic hydroxyl groups is 1. The van der Waals surface area contributed by atoms with E-state index in [9.17, 15) is 29.7 Å². The van der Waals surface area contributed by atoms with Gasteiger partial charge in [-0.3, -0.25) is 14.5 Å². The summed E-state index contributed by atoms with van der Waals surface area (Å²) < 4.78 is 5.84. The lowest BCUT2D eigenvalue weighted by molar-refractivity contribution is -0.134.